The summed E-state index contributed by atoms with van der Waals surface area (Å²) in [6.07, 6.45) is 8.25. The van der Waals surface area contributed by atoms with Gasteiger partial charge < -0.3 is 16.0 Å². The van der Waals surface area contributed by atoms with Crippen LogP contribution in [0.15, 0.2) is 0 Å². The van der Waals surface area contributed by atoms with E-state index in [0.29, 0.717) is 18.1 Å². The van der Waals surface area contributed by atoms with Crippen LogP contribution in [0.25, 0.3) is 0 Å². The molecular weight excluding hydrogens is 282 g/mol. The molecule has 3 nitrogen and oxygen atoms in total. The molecule has 0 radical (unpaired) electrons. The van der Waals surface area contributed by atoms with E-state index in [2.05, 4.69) is 45.0 Å². The predicted octanol–water partition coefficient (Wildman–Crippen LogP) is 3.69. The highest BCUT2D eigenvalue weighted by molar-refractivity contribution is 5.06. The number of likely N-dealkylation sites (tertiary alicyclic amines) is 1. The number of rotatable bonds is 10. The summed E-state index contributed by atoms with van der Waals surface area (Å²) < 4.78 is 0. The van der Waals surface area contributed by atoms with Gasteiger partial charge in [0.15, 0.2) is 0 Å². The van der Waals surface area contributed by atoms with Crippen molar-refractivity contribution in [3.05, 3.63) is 0 Å². The summed E-state index contributed by atoms with van der Waals surface area (Å²) in [4.78, 5) is 2.47. The van der Waals surface area contributed by atoms with Gasteiger partial charge in [-0.05, 0) is 55.4 Å². The monoisotopic (exact) mass is 323 g/mol. The van der Waals surface area contributed by atoms with Crippen molar-refractivity contribution >= 4 is 0 Å². The molecule has 0 aromatic rings. The van der Waals surface area contributed by atoms with E-state index in [1.54, 1.807) is 0 Å². The van der Waals surface area contributed by atoms with Crippen LogP contribution in [0.5, 0.6) is 0 Å². The Bertz CT molecular complexity index is 351. The zero-order valence-corrected chi connectivity index (χ0v) is 16.3. The zero-order valence-electron chi connectivity index (χ0n) is 16.3. The Kier molecular flexibility index (Phi) is 6.94. The fourth-order valence-electron chi connectivity index (χ4n) is 5.56. The molecule has 1 aliphatic heterocycles. The highest BCUT2D eigenvalue weighted by Crippen LogP contribution is 2.52. The Balaban J connectivity index is 1.85. The van der Waals surface area contributed by atoms with Gasteiger partial charge in [-0.2, -0.15) is 0 Å². The Labute approximate surface area is 144 Å². The summed E-state index contributed by atoms with van der Waals surface area (Å²) >= 11 is 0. The fourth-order valence-corrected chi connectivity index (χ4v) is 5.56. The molecule has 2 rings (SSSR count). The Morgan fingerprint density at radius 1 is 1.26 bits per heavy atom. The second-order valence-corrected chi connectivity index (χ2v) is 9.17. The molecular formula is C20H41N3. The van der Waals surface area contributed by atoms with Gasteiger partial charge in [0.05, 0.1) is 0 Å². The SMILES string of the molecule is CCCCC(C)CC(C)CC1C(NCN)CC1C1(C)CN(C)C1. The van der Waals surface area contributed by atoms with Gasteiger partial charge in [0, 0.05) is 25.8 Å². The molecule has 0 spiro atoms. The van der Waals surface area contributed by atoms with Crippen molar-refractivity contribution in [2.75, 3.05) is 26.8 Å². The van der Waals surface area contributed by atoms with Crippen LogP contribution in [0, 0.1) is 29.1 Å². The Morgan fingerprint density at radius 2 is 1.96 bits per heavy atom. The third-order valence-corrected chi connectivity index (χ3v) is 6.61. The van der Waals surface area contributed by atoms with E-state index in [0.717, 1.165) is 23.7 Å². The smallest absolute Gasteiger partial charge is 0.0430 e. The first-order chi connectivity index (χ1) is 10.9. The zero-order chi connectivity index (χ0) is 17.0. The van der Waals surface area contributed by atoms with E-state index >= 15 is 0 Å². The molecule has 1 saturated heterocycles. The number of nitrogens with zero attached hydrogens (tertiary/aromatic N) is 1. The molecule has 136 valence electrons. The van der Waals surface area contributed by atoms with Gasteiger partial charge in [-0.3, -0.25) is 0 Å². The Morgan fingerprint density at radius 3 is 2.52 bits per heavy atom. The van der Waals surface area contributed by atoms with E-state index in [9.17, 15) is 0 Å². The van der Waals surface area contributed by atoms with E-state index < -0.39 is 0 Å². The number of nitrogens with one attached hydrogen (secondary N) is 1. The number of hydrogen-bond donors (Lipinski definition) is 2. The summed E-state index contributed by atoms with van der Waals surface area (Å²) in [6, 6.07) is 0.668. The topological polar surface area (TPSA) is 41.3 Å². The molecule has 1 aliphatic carbocycles. The van der Waals surface area contributed by atoms with E-state index in [1.165, 1.54) is 51.6 Å². The maximum Gasteiger partial charge on any atom is 0.0430 e. The highest BCUT2D eigenvalue weighted by Gasteiger charge is 2.54. The third kappa shape index (κ3) is 4.70. The molecule has 2 aliphatic rings. The molecule has 3 heteroatoms. The van der Waals surface area contributed by atoms with Crippen LogP contribution in [-0.2, 0) is 0 Å². The van der Waals surface area contributed by atoms with Crippen molar-refractivity contribution in [2.24, 2.45) is 34.8 Å². The van der Waals surface area contributed by atoms with Crippen molar-refractivity contribution in [1.82, 2.24) is 10.2 Å². The number of hydrogen-bond acceptors (Lipinski definition) is 3. The quantitative estimate of drug-likeness (QED) is 0.602. The summed E-state index contributed by atoms with van der Waals surface area (Å²) in [5.74, 6) is 3.47. The van der Waals surface area contributed by atoms with Crippen molar-refractivity contribution in [3.63, 3.8) is 0 Å². The minimum atomic E-state index is 0.555. The lowest BCUT2D eigenvalue weighted by atomic mass is 9.53. The van der Waals surface area contributed by atoms with Crippen LogP contribution < -0.4 is 11.1 Å². The van der Waals surface area contributed by atoms with Gasteiger partial charge in [-0.25, -0.2) is 0 Å². The minimum Gasteiger partial charge on any atom is -0.318 e. The summed E-state index contributed by atoms with van der Waals surface area (Å²) in [5, 5.41) is 3.55. The van der Waals surface area contributed by atoms with Crippen LogP contribution >= 0.6 is 0 Å². The molecule has 1 saturated carbocycles. The first kappa shape index (κ1) is 19.2. The highest BCUT2D eigenvalue weighted by atomic mass is 15.2. The van der Waals surface area contributed by atoms with Crippen molar-refractivity contribution in [3.8, 4) is 0 Å². The molecule has 1 heterocycles. The standard InChI is InChI=1S/C20H41N3/c1-6-7-8-15(2)9-16(3)10-17-18(11-19(17)22-14-21)20(4)12-23(5)13-20/h15-19,22H,6-14,21H2,1-5H3. The lowest BCUT2D eigenvalue weighted by molar-refractivity contribution is -0.0990. The number of nitrogens with two attached hydrogens (primary N) is 1. The molecule has 0 bridgehead atoms. The molecule has 5 unspecified atom stereocenters. The minimum absolute atomic E-state index is 0.555. The van der Waals surface area contributed by atoms with Gasteiger partial charge in [0.1, 0.15) is 0 Å². The summed E-state index contributed by atoms with van der Waals surface area (Å²) in [6.45, 7) is 12.9. The van der Waals surface area contributed by atoms with Crippen LogP contribution in [0.4, 0.5) is 0 Å². The van der Waals surface area contributed by atoms with Gasteiger partial charge in [-0.15, -0.1) is 0 Å². The lowest BCUT2D eigenvalue weighted by Crippen LogP contribution is -2.65. The maximum atomic E-state index is 5.77. The average molecular weight is 324 g/mol. The second-order valence-electron chi connectivity index (χ2n) is 9.17. The van der Waals surface area contributed by atoms with Crippen LogP contribution in [0.2, 0.25) is 0 Å². The van der Waals surface area contributed by atoms with Gasteiger partial charge in [0.25, 0.3) is 0 Å². The first-order valence-electron chi connectivity index (χ1n) is 10.0. The first-order valence-corrected chi connectivity index (χ1v) is 10.0. The van der Waals surface area contributed by atoms with Gasteiger partial charge in [-0.1, -0.05) is 47.0 Å². The third-order valence-electron chi connectivity index (χ3n) is 6.61. The number of unbranched alkanes of at least 4 members (excludes halogenated alkanes) is 1. The van der Waals surface area contributed by atoms with Crippen LogP contribution in [0.1, 0.15) is 66.2 Å². The van der Waals surface area contributed by atoms with Crippen molar-refractivity contribution < 1.29 is 0 Å². The van der Waals surface area contributed by atoms with Gasteiger partial charge in [0.2, 0.25) is 0 Å². The van der Waals surface area contributed by atoms with E-state index in [4.69, 9.17) is 5.73 Å². The average Bonchev–Trinajstić information content (AvgIpc) is 2.45. The second kappa shape index (κ2) is 8.31. The van der Waals surface area contributed by atoms with Gasteiger partial charge >= 0.3 is 0 Å². The molecule has 3 N–H and O–H groups in total. The predicted molar refractivity (Wildman–Crippen MR) is 100 cm³/mol. The molecule has 0 aromatic carbocycles. The molecule has 23 heavy (non-hydrogen) atoms. The molecule has 0 amide bonds. The summed E-state index contributed by atoms with van der Waals surface area (Å²) in [7, 11) is 2.25. The maximum absolute atomic E-state index is 5.77. The fraction of sp³-hybridized carbons (Fsp3) is 1.00. The van der Waals surface area contributed by atoms with E-state index in [-0.39, 0.29) is 0 Å². The summed E-state index contributed by atoms with van der Waals surface area (Å²) in [5.41, 5.74) is 6.33. The van der Waals surface area contributed by atoms with E-state index in [1.807, 2.05) is 0 Å². The normalized spacial score (nSPS) is 32.9. The molecule has 5 atom stereocenters. The lowest BCUT2D eigenvalue weighted by Gasteiger charge is -2.60. The largest absolute Gasteiger partial charge is 0.318 e. The van der Waals surface area contributed by atoms with Crippen LogP contribution in [0.3, 0.4) is 0 Å². The Hall–Kier alpha value is -0.120. The van der Waals surface area contributed by atoms with Crippen molar-refractivity contribution in [1.29, 1.82) is 0 Å². The van der Waals surface area contributed by atoms with Crippen molar-refractivity contribution in [2.45, 2.75) is 72.3 Å². The molecule has 2 fully saturated rings. The van der Waals surface area contributed by atoms with Crippen LogP contribution in [-0.4, -0.2) is 37.7 Å². The molecule has 0 aromatic heterocycles.